The highest BCUT2D eigenvalue weighted by Crippen LogP contribution is 2.37. The number of H-pyrrole nitrogens is 1. The molecule has 1 atom stereocenters. The molecule has 3 aromatic carbocycles. The second-order valence-corrected chi connectivity index (χ2v) is 11.6. The van der Waals surface area contributed by atoms with E-state index in [-0.39, 0.29) is 0 Å². The lowest BCUT2D eigenvalue weighted by molar-refractivity contribution is -0.176. The Morgan fingerprint density at radius 3 is 2.59 bits per heavy atom. The summed E-state index contributed by atoms with van der Waals surface area (Å²) >= 11 is 0. The Balaban J connectivity index is 1.23. The molecule has 41 heavy (non-hydrogen) atoms. The highest BCUT2D eigenvalue weighted by atomic mass is 16.6. The van der Waals surface area contributed by atoms with Gasteiger partial charge in [0.2, 0.25) is 0 Å². The predicted molar refractivity (Wildman–Crippen MR) is 161 cm³/mol. The minimum absolute atomic E-state index is 0.452. The number of tetrazole rings is 1. The number of benzene rings is 3. The summed E-state index contributed by atoms with van der Waals surface area (Å²) in [6.45, 7) is 11.5. The molecule has 5 rings (SSSR count). The van der Waals surface area contributed by atoms with Gasteiger partial charge in [0.05, 0.1) is 13.2 Å². The third kappa shape index (κ3) is 7.13. The van der Waals surface area contributed by atoms with Crippen LogP contribution in [0.2, 0.25) is 0 Å². The van der Waals surface area contributed by atoms with E-state index >= 15 is 0 Å². The minimum atomic E-state index is -1.11. The van der Waals surface area contributed by atoms with Crippen LogP contribution in [0.3, 0.4) is 0 Å². The summed E-state index contributed by atoms with van der Waals surface area (Å²) in [5, 5.41) is 27.7. The number of fused-ring (bicyclic) bond motifs is 1. The smallest absolute Gasteiger partial charge is 0.159 e. The summed E-state index contributed by atoms with van der Waals surface area (Å²) < 4.78 is 11.4. The zero-order chi connectivity index (χ0) is 29.0. The molecule has 1 unspecified atom stereocenters. The first kappa shape index (κ1) is 28.8. The minimum Gasteiger partial charge on any atom is -0.493 e. The largest absolute Gasteiger partial charge is 0.493 e. The average Bonchev–Trinajstić information content (AvgIpc) is 3.58. The van der Waals surface area contributed by atoms with Gasteiger partial charge in [0, 0.05) is 25.1 Å². The van der Waals surface area contributed by atoms with E-state index in [0.717, 1.165) is 43.1 Å². The Bertz CT molecular complexity index is 1450. The summed E-state index contributed by atoms with van der Waals surface area (Å²) in [6, 6.07) is 17.5. The van der Waals surface area contributed by atoms with Gasteiger partial charge in [0.25, 0.3) is 0 Å². The highest BCUT2D eigenvalue weighted by Gasteiger charge is 2.24. The van der Waals surface area contributed by atoms with Crippen LogP contribution in [0.1, 0.15) is 71.8 Å². The molecular formula is C33H41N5O3. The van der Waals surface area contributed by atoms with E-state index in [4.69, 9.17) is 9.47 Å². The van der Waals surface area contributed by atoms with Crippen LogP contribution in [0.5, 0.6) is 5.75 Å². The number of rotatable bonds is 12. The van der Waals surface area contributed by atoms with Gasteiger partial charge >= 0.3 is 0 Å². The number of hydrogen-bond acceptors (Lipinski definition) is 7. The maximum atomic E-state index is 9.68. The Morgan fingerprint density at radius 1 is 1.05 bits per heavy atom. The van der Waals surface area contributed by atoms with Gasteiger partial charge in [-0.05, 0) is 133 Å². The number of aromatic nitrogens is 4. The fraction of sp³-hybridized carbons (Fsp3) is 0.424. The van der Waals surface area contributed by atoms with E-state index in [2.05, 4.69) is 95.2 Å². The molecule has 0 amide bonds. The lowest BCUT2D eigenvalue weighted by Gasteiger charge is -2.19. The van der Waals surface area contributed by atoms with Gasteiger partial charge in [-0.15, -0.1) is 5.10 Å². The lowest BCUT2D eigenvalue weighted by atomic mass is 9.90. The maximum Gasteiger partial charge on any atom is 0.159 e. The van der Waals surface area contributed by atoms with Gasteiger partial charge in [-0.1, -0.05) is 24.3 Å². The van der Waals surface area contributed by atoms with Crippen LogP contribution in [-0.2, 0) is 24.1 Å². The zero-order valence-corrected chi connectivity index (χ0v) is 24.8. The molecule has 0 saturated heterocycles. The Labute approximate surface area is 242 Å². The van der Waals surface area contributed by atoms with Gasteiger partial charge in [-0.2, -0.15) is 0 Å². The number of anilines is 1. The third-order valence-corrected chi connectivity index (χ3v) is 7.89. The molecular weight excluding hydrogens is 514 g/mol. The van der Waals surface area contributed by atoms with Crippen LogP contribution in [0.25, 0.3) is 11.1 Å². The van der Waals surface area contributed by atoms with Crippen molar-refractivity contribution in [2.24, 2.45) is 0 Å². The number of nitrogens with one attached hydrogen (secondary N) is 2. The van der Waals surface area contributed by atoms with E-state index in [1.807, 2.05) is 0 Å². The van der Waals surface area contributed by atoms with Crippen molar-refractivity contribution in [2.45, 2.75) is 78.6 Å². The number of ether oxygens (including phenoxy) is 2. The molecule has 3 N–H and O–H groups in total. The zero-order valence-electron chi connectivity index (χ0n) is 24.8. The van der Waals surface area contributed by atoms with Crippen LogP contribution < -0.4 is 10.1 Å². The highest BCUT2D eigenvalue weighted by molar-refractivity contribution is 5.75. The Hall–Kier alpha value is -3.75. The van der Waals surface area contributed by atoms with Gasteiger partial charge in [0.1, 0.15) is 11.6 Å². The van der Waals surface area contributed by atoms with E-state index in [0.29, 0.717) is 25.6 Å². The van der Waals surface area contributed by atoms with Crippen LogP contribution >= 0.6 is 0 Å². The van der Waals surface area contributed by atoms with E-state index < -0.39 is 5.79 Å². The predicted octanol–water partition coefficient (Wildman–Crippen LogP) is 6.19. The summed E-state index contributed by atoms with van der Waals surface area (Å²) in [7, 11) is 0. The number of nitrogens with zero attached hydrogens (tertiary/aromatic N) is 3. The summed E-state index contributed by atoms with van der Waals surface area (Å²) in [5.74, 6) is 1.06. The number of aromatic amines is 1. The van der Waals surface area contributed by atoms with Crippen molar-refractivity contribution in [1.29, 1.82) is 0 Å². The monoisotopic (exact) mass is 555 g/mol. The summed E-state index contributed by atoms with van der Waals surface area (Å²) in [6.07, 6.45) is 3.77. The van der Waals surface area contributed by atoms with Crippen LogP contribution in [0.15, 0.2) is 48.5 Å². The standard InChI is InChI=1S/C33H41N5O3/c1-21-16-28(40-14-7-15-41-33(4,5)39)17-22(2)32(21)29-9-6-8-26(23(29)3)20-34-27-12-13-30-24(18-27)10-11-25(30)19-31-35-37-38-36-31/h6,8-9,12-13,16-18,25,34,39H,7,10-11,14-15,19-20H2,1-5H3,(H,35,36,37,38). The first-order valence-electron chi connectivity index (χ1n) is 14.5. The molecule has 0 spiro atoms. The summed E-state index contributed by atoms with van der Waals surface area (Å²) in [4.78, 5) is 0. The fourth-order valence-corrected chi connectivity index (χ4v) is 5.87. The van der Waals surface area contributed by atoms with Crippen molar-refractivity contribution in [3.05, 3.63) is 87.7 Å². The fourth-order valence-electron chi connectivity index (χ4n) is 5.87. The maximum absolute atomic E-state index is 9.68. The normalized spacial score (nSPS) is 14.7. The third-order valence-electron chi connectivity index (χ3n) is 7.89. The number of aliphatic hydroxyl groups is 1. The summed E-state index contributed by atoms with van der Waals surface area (Å²) in [5.41, 5.74) is 11.4. The molecule has 1 aliphatic carbocycles. The van der Waals surface area contributed by atoms with Crippen LogP contribution in [-0.4, -0.2) is 44.7 Å². The number of aryl methyl sites for hydroxylation is 3. The van der Waals surface area contributed by atoms with E-state index in [1.165, 1.54) is 44.5 Å². The van der Waals surface area contributed by atoms with Gasteiger partial charge in [-0.3, -0.25) is 0 Å². The van der Waals surface area contributed by atoms with Crippen molar-refractivity contribution in [3.63, 3.8) is 0 Å². The van der Waals surface area contributed by atoms with Gasteiger partial charge in [-0.25, -0.2) is 5.10 Å². The van der Waals surface area contributed by atoms with Crippen molar-refractivity contribution in [3.8, 4) is 16.9 Å². The van der Waals surface area contributed by atoms with E-state index in [9.17, 15) is 5.11 Å². The molecule has 216 valence electrons. The molecule has 0 fully saturated rings. The lowest BCUT2D eigenvalue weighted by Crippen LogP contribution is -2.24. The van der Waals surface area contributed by atoms with Gasteiger partial charge < -0.3 is 19.9 Å². The molecule has 8 heteroatoms. The van der Waals surface area contributed by atoms with E-state index in [1.54, 1.807) is 13.8 Å². The molecule has 4 aromatic rings. The van der Waals surface area contributed by atoms with Crippen molar-refractivity contribution < 1.29 is 14.6 Å². The molecule has 8 nitrogen and oxygen atoms in total. The molecule has 1 heterocycles. The Morgan fingerprint density at radius 2 is 1.85 bits per heavy atom. The second kappa shape index (κ2) is 12.4. The molecule has 0 aliphatic heterocycles. The molecule has 1 aromatic heterocycles. The molecule has 0 saturated carbocycles. The Kier molecular flexibility index (Phi) is 8.71. The molecule has 1 aliphatic rings. The van der Waals surface area contributed by atoms with Gasteiger partial charge in [0.15, 0.2) is 5.79 Å². The topological polar surface area (TPSA) is 105 Å². The first-order chi connectivity index (χ1) is 19.7. The molecule has 0 radical (unpaired) electrons. The second-order valence-electron chi connectivity index (χ2n) is 11.6. The number of hydrogen-bond donors (Lipinski definition) is 3. The van der Waals surface area contributed by atoms with Crippen LogP contribution in [0.4, 0.5) is 5.69 Å². The SMILES string of the molecule is Cc1cc(OCCCOC(C)(C)O)cc(C)c1-c1cccc(CNc2ccc3c(c2)CCC3Cc2nnn[nH]2)c1C. The van der Waals surface area contributed by atoms with Crippen molar-refractivity contribution >= 4 is 5.69 Å². The molecule has 0 bridgehead atoms. The average molecular weight is 556 g/mol. The van der Waals surface area contributed by atoms with Crippen molar-refractivity contribution in [2.75, 3.05) is 18.5 Å². The van der Waals surface area contributed by atoms with Crippen molar-refractivity contribution in [1.82, 2.24) is 20.6 Å². The first-order valence-corrected chi connectivity index (χ1v) is 14.5. The quantitative estimate of drug-likeness (QED) is 0.141. The van der Waals surface area contributed by atoms with Crippen LogP contribution in [0, 0.1) is 20.8 Å².